The first kappa shape index (κ1) is 19.5. The topological polar surface area (TPSA) is 92.8 Å². The maximum Gasteiger partial charge on any atom is 0.407 e. The van der Waals surface area contributed by atoms with Crippen LogP contribution in [0.2, 0.25) is 0 Å². The Morgan fingerprint density at radius 1 is 1.28 bits per heavy atom. The molecule has 3 aromatic heterocycles. The minimum absolute atomic E-state index is 0.0596. The number of nitrogens with one attached hydrogen (secondary N) is 2. The zero-order valence-electron chi connectivity index (χ0n) is 16.4. The number of nitrogens with zero attached hydrogens (tertiary/aromatic N) is 3. The Bertz CT molecular complexity index is 1140. The highest BCUT2D eigenvalue weighted by atomic mass is 32.1. The van der Waals surface area contributed by atoms with Crippen LogP contribution in [0.5, 0.6) is 0 Å². The van der Waals surface area contributed by atoms with Crippen LogP contribution in [0.1, 0.15) is 25.4 Å². The van der Waals surface area contributed by atoms with E-state index in [1.54, 1.807) is 22.7 Å². The Morgan fingerprint density at radius 2 is 2.14 bits per heavy atom. The second kappa shape index (κ2) is 8.30. The SMILES string of the molecule is Cc1csc(-c2[nH]c(COC(=O)NCC(C)C)nc2-c2ccc3ncsc3c2)n1. The van der Waals surface area contributed by atoms with Gasteiger partial charge < -0.3 is 15.0 Å². The summed E-state index contributed by atoms with van der Waals surface area (Å²) < 4.78 is 6.41. The van der Waals surface area contributed by atoms with Gasteiger partial charge in [-0.05, 0) is 25.0 Å². The summed E-state index contributed by atoms with van der Waals surface area (Å²) in [6.45, 7) is 6.65. The average molecular weight is 428 g/mol. The van der Waals surface area contributed by atoms with E-state index in [-0.39, 0.29) is 6.61 Å². The van der Waals surface area contributed by atoms with Crippen molar-refractivity contribution in [3.05, 3.63) is 40.6 Å². The lowest BCUT2D eigenvalue weighted by molar-refractivity contribution is 0.136. The number of thiazole rings is 2. The smallest absolute Gasteiger partial charge is 0.407 e. The quantitative estimate of drug-likeness (QED) is 0.452. The number of aryl methyl sites for hydroxylation is 1. The van der Waals surface area contributed by atoms with Crippen LogP contribution < -0.4 is 5.32 Å². The molecule has 0 spiro atoms. The van der Waals surface area contributed by atoms with Gasteiger partial charge in [-0.2, -0.15) is 0 Å². The van der Waals surface area contributed by atoms with Gasteiger partial charge in [0, 0.05) is 23.2 Å². The second-order valence-electron chi connectivity index (χ2n) is 7.09. The number of H-pyrrole nitrogens is 1. The van der Waals surface area contributed by atoms with Crippen molar-refractivity contribution in [1.29, 1.82) is 0 Å². The van der Waals surface area contributed by atoms with Gasteiger partial charge in [0.2, 0.25) is 0 Å². The molecular formula is C20H21N5O2S2. The van der Waals surface area contributed by atoms with Gasteiger partial charge in [-0.3, -0.25) is 0 Å². The number of hydrogen-bond donors (Lipinski definition) is 2. The van der Waals surface area contributed by atoms with E-state index in [0.29, 0.717) is 18.3 Å². The van der Waals surface area contributed by atoms with Crippen LogP contribution >= 0.6 is 22.7 Å². The Kier molecular flexibility index (Phi) is 5.59. The average Bonchev–Trinajstić information content (AvgIpc) is 3.42. The minimum atomic E-state index is -0.450. The summed E-state index contributed by atoms with van der Waals surface area (Å²) in [7, 11) is 0. The maximum absolute atomic E-state index is 11.9. The molecule has 2 N–H and O–H groups in total. The Hall–Kier alpha value is -2.78. The summed E-state index contributed by atoms with van der Waals surface area (Å²) in [6, 6.07) is 6.07. The number of aromatic nitrogens is 4. The van der Waals surface area contributed by atoms with E-state index in [1.807, 2.05) is 43.8 Å². The number of benzene rings is 1. The van der Waals surface area contributed by atoms with Crippen LogP contribution in [0.4, 0.5) is 4.79 Å². The predicted octanol–water partition coefficient (Wildman–Crippen LogP) is 5.00. The van der Waals surface area contributed by atoms with Gasteiger partial charge in [-0.25, -0.2) is 19.7 Å². The summed E-state index contributed by atoms with van der Waals surface area (Å²) in [5, 5.41) is 5.59. The van der Waals surface area contributed by atoms with E-state index in [0.717, 1.165) is 37.9 Å². The molecule has 0 aliphatic heterocycles. The Balaban J connectivity index is 1.63. The molecule has 1 aromatic carbocycles. The molecule has 0 saturated heterocycles. The molecule has 0 bridgehead atoms. The fourth-order valence-corrected chi connectivity index (χ4v) is 4.31. The van der Waals surface area contributed by atoms with Crippen LogP contribution in [0.3, 0.4) is 0 Å². The Morgan fingerprint density at radius 3 is 2.90 bits per heavy atom. The van der Waals surface area contributed by atoms with Crippen LogP contribution in [0, 0.1) is 12.8 Å². The lowest BCUT2D eigenvalue weighted by Crippen LogP contribution is -2.27. The summed E-state index contributed by atoms with van der Waals surface area (Å²) >= 11 is 3.14. The number of ether oxygens (including phenoxy) is 1. The van der Waals surface area contributed by atoms with Gasteiger partial charge in [0.15, 0.2) is 6.61 Å². The van der Waals surface area contributed by atoms with Crippen molar-refractivity contribution in [2.75, 3.05) is 6.54 Å². The molecule has 29 heavy (non-hydrogen) atoms. The molecule has 0 unspecified atom stereocenters. The van der Waals surface area contributed by atoms with Gasteiger partial charge in [0.1, 0.15) is 16.5 Å². The molecule has 0 atom stereocenters. The first-order valence-electron chi connectivity index (χ1n) is 9.25. The largest absolute Gasteiger partial charge is 0.441 e. The van der Waals surface area contributed by atoms with Crippen molar-refractivity contribution in [2.45, 2.75) is 27.4 Å². The number of carbonyl (C=O) groups is 1. The maximum atomic E-state index is 11.9. The first-order valence-corrected chi connectivity index (χ1v) is 11.0. The first-order chi connectivity index (χ1) is 14.0. The highest BCUT2D eigenvalue weighted by molar-refractivity contribution is 7.16. The fraction of sp³-hybridized carbons (Fsp3) is 0.300. The molecule has 3 heterocycles. The normalized spacial score (nSPS) is 11.3. The molecule has 9 heteroatoms. The lowest BCUT2D eigenvalue weighted by Gasteiger charge is -2.07. The molecule has 0 aliphatic carbocycles. The molecule has 4 rings (SSSR count). The van der Waals surface area contributed by atoms with Crippen LogP contribution in [0.15, 0.2) is 29.1 Å². The zero-order valence-corrected chi connectivity index (χ0v) is 18.0. The van der Waals surface area contributed by atoms with E-state index < -0.39 is 6.09 Å². The number of imidazole rings is 1. The van der Waals surface area contributed by atoms with E-state index in [9.17, 15) is 4.79 Å². The molecule has 1 amide bonds. The van der Waals surface area contributed by atoms with Gasteiger partial charge >= 0.3 is 6.09 Å². The summed E-state index contributed by atoms with van der Waals surface area (Å²) in [4.78, 5) is 28.8. The molecule has 0 saturated carbocycles. The molecule has 0 aliphatic rings. The molecule has 4 aromatic rings. The number of hydrogen-bond acceptors (Lipinski definition) is 7. The zero-order chi connectivity index (χ0) is 20.4. The van der Waals surface area contributed by atoms with Gasteiger partial charge in [-0.1, -0.05) is 19.9 Å². The van der Waals surface area contributed by atoms with Crippen molar-refractivity contribution in [1.82, 2.24) is 25.3 Å². The summed E-state index contributed by atoms with van der Waals surface area (Å²) in [5.74, 6) is 0.936. The molecule has 0 fully saturated rings. The number of fused-ring (bicyclic) bond motifs is 1. The van der Waals surface area contributed by atoms with E-state index >= 15 is 0 Å². The van der Waals surface area contributed by atoms with Crippen molar-refractivity contribution in [3.63, 3.8) is 0 Å². The number of rotatable bonds is 6. The fourth-order valence-electron chi connectivity index (χ4n) is 2.80. The number of carbonyl (C=O) groups excluding carboxylic acids is 1. The summed E-state index contributed by atoms with van der Waals surface area (Å²) in [6.07, 6.45) is -0.450. The van der Waals surface area contributed by atoms with Gasteiger partial charge in [-0.15, -0.1) is 22.7 Å². The lowest BCUT2D eigenvalue weighted by atomic mass is 10.1. The van der Waals surface area contributed by atoms with Crippen molar-refractivity contribution in [2.24, 2.45) is 5.92 Å². The van der Waals surface area contributed by atoms with E-state index in [2.05, 4.69) is 26.3 Å². The van der Waals surface area contributed by atoms with E-state index in [4.69, 9.17) is 9.72 Å². The van der Waals surface area contributed by atoms with Crippen LogP contribution in [-0.2, 0) is 11.3 Å². The number of alkyl carbamates (subject to hydrolysis) is 1. The molecule has 150 valence electrons. The third-order valence-corrected chi connectivity index (χ3v) is 5.95. The minimum Gasteiger partial charge on any atom is -0.441 e. The van der Waals surface area contributed by atoms with Crippen molar-refractivity contribution in [3.8, 4) is 22.0 Å². The number of aromatic amines is 1. The third-order valence-electron chi connectivity index (χ3n) is 4.19. The highest BCUT2D eigenvalue weighted by Gasteiger charge is 2.18. The predicted molar refractivity (Wildman–Crippen MR) is 116 cm³/mol. The van der Waals surface area contributed by atoms with Gasteiger partial charge in [0.25, 0.3) is 0 Å². The monoisotopic (exact) mass is 427 g/mol. The standard InChI is InChI=1S/C20H21N5O2S2/c1-11(2)7-21-20(26)27-8-16-24-17(18(25-16)19-23-12(3)9-28-19)13-4-5-14-15(6-13)29-10-22-14/h4-6,9-11H,7-8H2,1-3H3,(H,21,26)(H,24,25). The van der Waals surface area contributed by atoms with Gasteiger partial charge in [0.05, 0.1) is 21.4 Å². The second-order valence-corrected chi connectivity index (χ2v) is 8.83. The third kappa shape index (κ3) is 4.46. The molecule has 0 radical (unpaired) electrons. The highest BCUT2D eigenvalue weighted by Crippen LogP contribution is 2.34. The van der Waals surface area contributed by atoms with E-state index in [1.165, 1.54) is 0 Å². The molecular weight excluding hydrogens is 406 g/mol. The van der Waals surface area contributed by atoms with Crippen molar-refractivity contribution < 1.29 is 9.53 Å². The summed E-state index contributed by atoms with van der Waals surface area (Å²) in [5.41, 5.74) is 6.33. The van der Waals surface area contributed by atoms with Crippen LogP contribution in [-0.4, -0.2) is 32.6 Å². The number of amides is 1. The van der Waals surface area contributed by atoms with Crippen LogP contribution in [0.25, 0.3) is 32.2 Å². The molecule has 7 nitrogen and oxygen atoms in total. The van der Waals surface area contributed by atoms with Crippen molar-refractivity contribution >= 4 is 39.0 Å². The Labute approximate surface area is 176 Å².